The Morgan fingerprint density at radius 3 is 2.37 bits per heavy atom. The Bertz CT molecular complexity index is 832. The second-order valence-electron chi connectivity index (χ2n) is 5.52. The Labute approximate surface area is 182 Å². The van der Waals surface area contributed by atoms with Crippen LogP contribution in [-0.2, 0) is 16.4 Å². The Hall–Kier alpha value is -1.36. The summed E-state index contributed by atoms with van der Waals surface area (Å²) in [5.41, 5.74) is 1.24. The van der Waals surface area contributed by atoms with Crippen LogP contribution in [0.3, 0.4) is 0 Å². The van der Waals surface area contributed by atoms with E-state index in [0.29, 0.717) is 17.5 Å². The van der Waals surface area contributed by atoms with E-state index in [9.17, 15) is 8.42 Å². The summed E-state index contributed by atoms with van der Waals surface area (Å²) in [4.78, 5) is 4.27. The first-order chi connectivity index (χ1) is 12.5. The van der Waals surface area contributed by atoms with Crippen molar-refractivity contribution in [3.63, 3.8) is 0 Å². The lowest BCUT2D eigenvalue weighted by molar-refractivity contribution is 0.580. The number of benzene rings is 2. The molecule has 0 spiro atoms. The second kappa shape index (κ2) is 12.2. The number of sulfonamides is 1. The molecule has 0 aromatic heterocycles. The standard InChI is InChI=1S/C18H23ClN4O2S.HI/c1-20-18(21-11-10-15-6-3-2-4-7-15)22-12-13-23-26(24,25)17-9-5-8-16(19)14-17;/h2-9,14,23H,10-13H2,1H3,(H2,20,21,22);1H. The summed E-state index contributed by atoms with van der Waals surface area (Å²) in [6.07, 6.45) is 0.878. The predicted octanol–water partition coefficient (Wildman–Crippen LogP) is 2.64. The predicted molar refractivity (Wildman–Crippen MR) is 122 cm³/mol. The number of hydrogen-bond acceptors (Lipinski definition) is 3. The molecule has 0 bridgehead atoms. The van der Waals surface area contributed by atoms with Crippen LogP contribution in [0, 0.1) is 0 Å². The molecular formula is C18H24ClIN4O2S. The third kappa shape index (κ3) is 8.46. The van der Waals surface area contributed by atoms with Gasteiger partial charge < -0.3 is 10.6 Å². The first kappa shape index (κ1) is 23.7. The third-order valence-corrected chi connectivity index (χ3v) is 5.28. The van der Waals surface area contributed by atoms with Crippen molar-refractivity contribution in [2.75, 3.05) is 26.7 Å². The zero-order valence-electron chi connectivity index (χ0n) is 15.0. The van der Waals surface area contributed by atoms with Gasteiger partial charge in [0.15, 0.2) is 5.96 Å². The molecule has 0 aliphatic heterocycles. The molecule has 0 aliphatic rings. The molecule has 0 radical (unpaired) electrons. The van der Waals surface area contributed by atoms with Crippen molar-refractivity contribution in [1.29, 1.82) is 0 Å². The van der Waals surface area contributed by atoms with Crippen LogP contribution >= 0.6 is 35.6 Å². The van der Waals surface area contributed by atoms with Crippen molar-refractivity contribution in [1.82, 2.24) is 15.4 Å². The zero-order valence-corrected chi connectivity index (χ0v) is 18.9. The molecule has 27 heavy (non-hydrogen) atoms. The lowest BCUT2D eigenvalue weighted by atomic mass is 10.1. The summed E-state index contributed by atoms with van der Waals surface area (Å²) >= 11 is 5.84. The van der Waals surface area contributed by atoms with Gasteiger partial charge in [0.2, 0.25) is 10.0 Å². The molecule has 0 atom stereocenters. The van der Waals surface area contributed by atoms with Gasteiger partial charge in [0.25, 0.3) is 0 Å². The SMILES string of the molecule is CN=C(NCCNS(=O)(=O)c1cccc(Cl)c1)NCCc1ccccc1.I. The topological polar surface area (TPSA) is 82.6 Å². The van der Waals surface area contributed by atoms with Gasteiger partial charge in [-0.3, -0.25) is 4.99 Å². The van der Waals surface area contributed by atoms with E-state index in [-0.39, 0.29) is 35.4 Å². The number of rotatable bonds is 8. The number of guanidine groups is 1. The summed E-state index contributed by atoms with van der Waals surface area (Å²) in [7, 11) is -1.90. The zero-order chi connectivity index (χ0) is 18.8. The highest BCUT2D eigenvalue weighted by molar-refractivity contribution is 14.0. The number of aliphatic imine (C=N–C) groups is 1. The van der Waals surface area contributed by atoms with Gasteiger partial charge in [-0.25, -0.2) is 13.1 Å². The van der Waals surface area contributed by atoms with Crippen LogP contribution < -0.4 is 15.4 Å². The highest BCUT2D eigenvalue weighted by Gasteiger charge is 2.13. The van der Waals surface area contributed by atoms with Gasteiger partial charge in [-0.15, -0.1) is 24.0 Å². The molecule has 0 unspecified atom stereocenters. The van der Waals surface area contributed by atoms with Gasteiger partial charge in [-0.1, -0.05) is 48.0 Å². The fraction of sp³-hybridized carbons (Fsp3) is 0.278. The maximum Gasteiger partial charge on any atom is 0.240 e. The van der Waals surface area contributed by atoms with Gasteiger partial charge in [0, 0.05) is 31.7 Å². The van der Waals surface area contributed by atoms with E-state index in [4.69, 9.17) is 11.6 Å². The number of nitrogens with zero attached hydrogens (tertiary/aromatic N) is 1. The van der Waals surface area contributed by atoms with E-state index >= 15 is 0 Å². The van der Waals surface area contributed by atoms with Crippen molar-refractivity contribution >= 4 is 51.6 Å². The minimum atomic E-state index is -3.58. The first-order valence-corrected chi connectivity index (χ1v) is 10.1. The fourth-order valence-electron chi connectivity index (χ4n) is 2.27. The summed E-state index contributed by atoms with van der Waals surface area (Å²) in [6.45, 7) is 1.37. The molecule has 0 amide bonds. The van der Waals surface area contributed by atoms with E-state index in [2.05, 4.69) is 32.5 Å². The van der Waals surface area contributed by atoms with Gasteiger partial charge >= 0.3 is 0 Å². The van der Waals surface area contributed by atoms with Crippen molar-refractivity contribution in [3.05, 3.63) is 65.2 Å². The number of halogens is 2. The van der Waals surface area contributed by atoms with E-state index in [1.165, 1.54) is 17.7 Å². The third-order valence-electron chi connectivity index (χ3n) is 3.59. The molecule has 0 aliphatic carbocycles. The maximum absolute atomic E-state index is 12.2. The minimum absolute atomic E-state index is 0. The molecular weight excluding hydrogens is 499 g/mol. The van der Waals surface area contributed by atoms with E-state index in [1.807, 2.05) is 18.2 Å². The van der Waals surface area contributed by atoms with Gasteiger partial charge in [-0.05, 0) is 30.2 Å². The highest BCUT2D eigenvalue weighted by atomic mass is 127. The van der Waals surface area contributed by atoms with Gasteiger partial charge in [0.1, 0.15) is 0 Å². The van der Waals surface area contributed by atoms with Gasteiger partial charge in [-0.2, -0.15) is 0 Å². The van der Waals surface area contributed by atoms with Crippen LogP contribution in [0.5, 0.6) is 0 Å². The molecule has 2 aromatic rings. The van der Waals surface area contributed by atoms with Crippen LogP contribution in [0.15, 0.2) is 64.5 Å². The van der Waals surface area contributed by atoms with E-state index in [0.717, 1.165) is 13.0 Å². The van der Waals surface area contributed by atoms with Crippen molar-refractivity contribution in [2.24, 2.45) is 4.99 Å². The van der Waals surface area contributed by atoms with Crippen LogP contribution in [0.2, 0.25) is 5.02 Å². The summed E-state index contributed by atoms with van der Waals surface area (Å²) in [5.74, 6) is 0.628. The molecule has 0 saturated carbocycles. The first-order valence-electron chi connectivity index (χ1n) is 8.25. The van der Waals surface area contributed by atoms with Crippen LogP contribution in [-0.4, -0.2) is 41.1 Å². The molecule has 3 N–H and O–H groups in total. The lowest BCUT2D eigenvalue weighted by Crippen LogP contribution is -2.42. The molecule has 0 fully saturated rings. The summed E-state index contributed by atoms with van der Waals surface area (Å²) < 4.78 is 26.9. The van der Waals surface area contributed by atoms with Crippen LogP contribution in [0.4, 0.5) is 0 Å². The Morgan fingerprint density at radius 2 is 1.70 bits per heavy atom. The smallest absolute Gasteiger partial charge is 0.240 e. The largest absolute Gasteiger partial charge is 0.356 e. The molecule has 0 saturated heterocycles. The number of nitrogens with one attached hydrogen (secondary N) is 3. The quantitative estimate of drug-likeness (QED) is 0.215. The highest BCUT2D eigenvalue weighted by Crippen LogP contribution is 2.14. The molecule has 2 rings (SSSR count). The van der Waals surface area contributed by atoms with Gasteiger partial charge in [0.05, 0.1) is 4.90 Å². The average molecular weight is 523 g/mol. The Balaban J connectivity index is 0.00000364. The molecule has 9 heteroatoms. The second-order valence-corrected chi connectivity index (χ2v) is 7.72. The van der Waals surface area contributed by atoms with Crippen LogP contribution in [0.1, 0.15) is 5.56 Å². The Kier molecular flexibility index (Phi) is 10.7. The van der Waals surface area contributed by atoms with Crippen molar-refractivity contribution in [2.45, 2.75) is 11.3 Å². The summed E-state index contributed by atoms with van der Waals surface area (Å²) in [5, 5.41) is 6.66. The Morgan fingerprint density at radius 1 is 1.00 bits per heavy atom. The normalized spacial score (nSPS) is 11.6. The molecule has 0 heterocycles. The van der Waals surface area contributed by atoms with Crippen molar-refractivity contribution in [3.8, 4) is 0 Å². The average Bonchev–Trinajstić information content (AvgIpc) is 2.64. The fourth-order valence-corrected chi connectivity index (χ4v) is 3.61. The monoisotopic (exact) mass is 522 g/mol. The molecule has 2 aromatic carbocycles. The maximum atomic E-state index is 12.2. The molecule has 6 nitrogen and oxygen atoms in total. The lowest BCUT2D eigenvalue weighted by Gasteiger charge is -2.12. The summed E-state index contributed by atoms with van der Waals surface area (Å²) in [6, 6.07) is 16.3. The van der Waals surface area contributed by atoms with E-state index in [1.54, 1.807) is 19.2 Å². The minimum Gasteiger partial charge on any atom is -0.356 e. The van der Waals surface area contributed by atoms with Crippen LogP contribution in [0.25, 0.3) is 0 Å². The molecule has 148 valence electrons. The number of hydrogen-bond donors (Lipinski definition) is 3. The van der Waals surface area contributed by atoms with E-state index < -0.39 is 10.0 Å². The van der Waals surface area contributed by atoms with Crippen molar-refractivity contribution < 1.29 is 8.42 Å².